The van der Waals surface area contributed by atoms with Gasteiger partial charge in [-0.05, 0) is 19.3 Å². The molecular formula is C10H18N2O5S. The highest BCUT2D eigenvalue weighted by Crippen LogP contribution is 2.28. The Labute approximate surface area is 106 Å². The lowest BCUT2D eigenvalue weighted by Gasteiger charge is -2.31. The van der Waals surface area contributed by atoms with Gasteiger partial charge in [-0.25, -0.2) is 13.1 Å². The van der Waals surface area contributed by atoms with E-state index in [0.717, 1.165) is 0 Å². The highest BCUT2D eigenvalue weighted by atomic mass is 32.2. The van der Waals surface area contributed by atoms with E-state index in [1.807, 2.05) is 0 Å². The summed E-state index contributed by atoms with van der Waals surface area (Å²) in [5.74, 6) is -0.565. The van der Waals surface area contributed by atoms with Crippen LogP contribution in [0.25, 0.3) is 0 Å². The molecule has 2 atom stereocenters. The molecule has 104 valence electrons. The largest absolute Gasteiger partial charge is 0.380 e. The molecular weight excluding hydrogens is 260 g/mol. The fourth-order valence-electron chi connectivity index (χ4n) is 1.90. The van der Waals surface area contributed by atoms with E-state index in [2.05, 4.69) is 4.72 Å². The number of carbonyl (C=O) groups excluding carboxylic acids is 1. The molecule has 18 heavy (non-hydrogen) atoms. The van der Waals surface area contributed by atoms with Crippen LogP contribution < -0.4 is 10.5 Å². The minimum absolute atomic E-state index is 0.202. The zero-order valence-corrected chi connectivity index (χ0v) is 10.8. The van der Waals surface area contributed by atoms with Crippen LogP contribution in [-0.2, 0) is 24.3 Å². The number of nitrogens with two attached hydrogens (primary N) is 1. The highest BCUT2D eigenvalue weighted by Gasteiger charge is 2.39. The molecule has 0 radical (unpaired) electrons. The Bertz CT molecular complexity index is 406. The predicted molar refractivity (Wildman–Crippen MR) is 63.2 cm³/mol. The Kier molecular flexibility index (Phi) is 4.21. The van der Waals surface area contributed by atoms with Gasteiger partial charge in [0.25, 0.3) is 0 Å². The van der Waals surface area contributed by atoms with E-state index in [4.69, 9.17) is 15.2 Å². The maximum atomic E-state index is 11.8. The van der Waals surface area contributed by atoms with E-state index < -0.39 is 22.0 Å². The van der Waals surface area contributed by atoms with Crippen molar-refractivity contribution >= 4 is 15.9 Å². The van der Waals surface area contributed by atoms with E-state index in [1.165, 1.54) is 0 Å². The minimum atomic E-state index is -3.28. The Balaban J connectivity index is 1.92. The predicted octanol–water partition coefficient (Wildman–Crippen LogP) is -1.27. The summed E-state index contributed by atoms with van der Waals surface area (Å²) in [6.45, 7) is 0.548. The SMILES string of the molecule is NC(=O)CO[C@H]1CCOC[C@H]1NS(=O)(=O)C1CC1. The molecule has 7 nitrogen and oxygen atoms in total. The van der Waals surface area contributed by atoms with E-state index in [0.29, 0.717) is 25.9 Å². The second-order valence-electron chi connectivity index (χ2n) is 4.65. The third-order valence-corrected chi connectivity index (χ3v) is 4.99. The summed E-state index contributed by atoms with van der Waals surface area (Å²) in [5, 5.41) is -0.281. The van der Waals surface area contributed by atoms with Crippen LogP contribution in [0.1, 0.15) is 19.3 Å². The molecule has 0 unspecified atom stereocenters. The van der Waals surface area contributed by atoms with E-state index in [9.17, 15) is 13.2 Å². The van der Waals surface area contributed by atoms with Crippen molar-refractivity contribution in [1.82, 2.24) is 4.72 Å². The summed E-state index contributed by atoms with van der Waals surface area (Å²) in [4.78, 5) is 10.7. The van der Waals surface area contributed by atoms with Crippen molar-refractivity contribution in [2.75, 3.05) is 19.8 Å². The molecule has 1 aliphatic carbocycles. The van der Waals surface area contributed by atoms with Gasteiger partial charge in [-0.1, -0.05) is 0 Å². The van der Waals surface area contributed by atoms with Gasteiger partial charge in [0.05, 0.1) is 24.0 Å². The molecule has 3 N–H and O–H groups in total. The summed E-state index contributed by atoms with van der Waals surface area (Å²) < 4.78 is 36.8. The Morgan fingerprint density at radius 3 is 2.72 bits per heavy atom. The number of sulfonamides is 1. The van der Waals surface area contributed by atoms with Crippen LogP contribution in [0.2, 0.25) is 0 Å². The highest BCUT2D eigenvalue weighted by molar-refractivity contribution is 7.90. The van der Waals surface area contributed by atoms with Crippen LogP contribution in [-0.4, -0.2) is 51.5 Å². The summed E-state index contributed by atoms with van der Waals surface area (Å²) in [6, 6.07) is -0.441. The Hall–Kier alpha value is -0.700. The van der Waals surface area contributed by atoms with Crippen LogP contribution in [0.5, 0.6) is 0 Å². The van der Waals surface area contributed by atoms with Gasteiger partial charge in [-0.3, -0.25) is 4.79 Å². The molecule has 1 aliphatic heterocycles. The van der Waals surface area contributed by atoms with Crippen LogP contribution in [0.15, 0.2) is 0 Å². The lowest BCUT2D eigenvalue weighted by molar-refractivity contribution is -0.127. The van der Waals surface area contributed by atoms with E-state index >= 15 is 0 Å². The van der Waals surface area contributed by atoms with Crippen LogP contribution >= 0.6 is 0 Å². The van der Waals surface area contributed by atoms with Crippen molar-refractivity contribution in [3.05, 3.63) is 0 Å². The average molecular weight is 278 g/mol. The first-order valence-corrected chi connectivity index (χ1v) is 7.52. The number of rotatable bonds is 6. The quantitative estimate of drug-likeness (QED) is 0.629. The van der Waals surface area contributed by atoms with Gasteiger partial charge < -0.3 is 15.2 Å². The molecule has 2 rings (SSSR count). The zero-order valence-electron chi connectivity index (χ0n) is 10.0. The third-order valence-electron chi connectivity index (χ3n) is 3.01. The third kappa shape index (κ3) is 3.64. The first-order chi connectivity index (χ1) is 8.49. The number of ether oxygens (including phenoxy) is 2. The van der Waals surface area contributed by atoms with E-state index in [1.54, 1.807) is 0 Å². The van der Waals surface area contributed by atoms with Crippen LogP contribution in [0, 0.1) is 0 Å². The smallest absolute Gasteiger partial charge is 0.243 e. The molecule has 1 amide bonds. The summed E-state index contributed by atoms with van der Waals surface area (Å²) in [7, 11) is -3.28. The lowest BCUT2D eigenvalue weighted by Crippen LogP contribution is -2.51. The van der Waals surface area contributed by atoms with Crippen molar-refractivity contribution < 1.29 is 22.7 Å². The number of nitrogens with one attached hydrogen (secondary N) is 1. The van der Waals surface area contributed by atoms with Gasteiger partial charge >= 0.3 is 0 Å². The molecule has 0 aromatic heterocycles. The van der Waals surface area contributed by atoms with Gasteiger partial charge in [-0.2, -0.15) is 0 Å². The fourth-order valence-corrected chi connectivity index (χ4v) is 3.49. The molecule has 1 saturated carbocycles. The minimum Gasteiger partial charge on any atom is -0.380 e. The van der Waals surface area contributed by atoms with Crippen LogP contribution in [0.3, 0.4) is 0 Å². The Morgan fingerprint density at radius 1 is 1.39 bits per heavy atom. The molecule has 0 spiro atoms. The van der Waals surface area contributed by atoms with Crippen molar-refractivity contribution in [3.63, 3.8) is 0 Å². The molecule has 0 aromatic carbocycles. The molecule has 0 aromatic rings. The second-order valence-corrected chi connectivity index (χ2v) is 6.64. The molecule has 0 bridgehead atoms. The van der Waals surface area contributed by atoms with Crippen molar-refractivity contribution in [1.29, 1.82) is 0 Å². The van der Waals surface area contributed by atoms with E-state index in [-0.39, 0.29) is 24.6 Å². The van der Waals surface area contributed by atoms with Gasteiger partial charge in [0.2, 0.25) is 15.9 Å². The maximum absolute atomic E-state index is 11.8. The van der Waals surface area contributed by atoms with Gasteiger partial charge in [0, 0.05) is 6.61 Å². The first-order valence-electron chi connectivity index (χ1n) is 5.98. The number of amides is 1. The molecule has 8 heteroatoms. The van der Waals surface area contributed by atoms with Crippen molar-refractivity contribution in [2.45, 2.75) is 36.7 Å². The molecule has 2 aliphatic rings. The Morgan fingerprint density at radius 2 is 2.11 bits per heavy atom. The molecule has 1 saturated heterocycles. The standard InChI is InChI=1S/C10H18N2O5S/c11-10(13)6-17-9-3-4-16-5-8(9)12-18(14,15)7-1-2-7/h7-9,12H,1-6H2,(H2,11,13)/t8-,9+/m1/s1. The molecule has 1 heterocycles. The van der Waals surface area contributed by atoms with Gasteiger partial charge in [0.1, 0.15) is 6.61 Å². The lowest BCUT2D eigenvalue weighted by atomic mass is 10.1. The van der Waals surface area contributed by atoms with Crippen molar-refractivity contribution in [3.8, 4) is 0 Å². The summed E-state index contributed by atoms with van der Waals surface area (Å²) >= 11 is 0. The summed E-state index contributed by atoms with van der Waals surface area (Å²) in [6.07, 6.45) is 1.59. The normalized spacial score (nSPS) is 29.1. The summed E-state index contributed by atoms with van der Waals surface area (Å²) in [5.41, 5.74) is 5.01. The average Bonchev–Trinajstić information content (AvgIpc) is 3.11. The van der Waals surface area contributed by atoms with Crippen molar-refractivity contribution in [2.24, 2.45) is 5.73 Å². The number of carbonyl (C=O) groups is 1. The van der Waals surface area contributed by atoms with Crippen LogP contribution in [0.4, 0.5) is 0 Å². The molecule has 2 fully saturated rings. The van der Waals surface area contributed by atoms with Gasteiger partial charge in [-0.15, -0.1) is 0 Å². The number of hydrogen-bond donors (Lipinski definition) is 2. The monoisotopic (exact) mass is 278 g/mol. The first kappa shape index (κ1) is 13.7. The second kappa shape index (κ2) is 5.52. The number of hydrogen-bond acceptors (Lipinski definition) is 5. The van der Waals surface area contributed by atoms with Gasteiger partial charge in [0.15, 0.2) is 0 Å². The number of primary amides is 1. The topological polar surface area (TPSA) is 108 Å². The zero-order chi connectivity index (χ0) is 13.2. The fraction of sp³-hybridized carbons (Fsp3) is 0.900. The maximum Gasteiger partial charge on any atom is 0.243 e.